The number of anilines is 1. The first-order valence-electron chi connectivity index (χ1n) is 10.6. The highest BCUT2D eigenvalue weighted by atomic mass is 35.5. The first-order chi connectivity index (χ1) is 14.9. The molecule has 2 aromatic rings. The monoisotopic (exact) mass is 463 g/mol. The van der Waals surface area contributed by atoms with Crippen molar-refractivity contribution in [1.82, 2.24) is 4.90 Å². The number of benzene rings is 2. The van der Waals surface area contributed by atoms with Crippen LogP contribution in [0.15, 0.2) is 36.4 Å². The van der Waals surface area contributed by atoms with Crippen molar-refractivity contribution in [3.63, 3.8) is 0 Å². The van der Waals surface area contributed by atoms with Gasteiger partial charge in [0.15, 0.2) is 0 Å². The van der Waals surface area contributed by atoms with Crippen LogP contribution in [-0.4, -0.2) is 41.1 Å². The van der Waals surface area contributed by atoms with Gasteiger partial charge < -0.3 is 16.2 Å². The van der Waals surface area contributed by atoms with Crippen LogP contribution in [0.25, 0.3) is 0 Å². The number of nitrogens with one attached hydrogen (secondary N) is 1. The summed E-state index contributed by atoms with van der Waals surface area (Å²) in [5.41, 5.74) is 7.00. The number of carbonyl (C=O) groups excluding carboxylic acids is 1. The van der Waals surface area contributed by atoms with E-state index in [4.69, 9.17) is 28.9 Å². The van der Waals surface area contributed by atoms with Gasteiger partial charge in [0, 0.05) is 40.8 Å². The molecule has 2 heterocycles. The normalized spacial score (nSPS) is 30.1. The Labute approximate surface area is 190 Å². The van der Waals surface area contributed by atoms with Crippen molar-refractivity contribution in [2.45, 2.75) is 42.8 Å². The quantitative estimate of drug-likeness (QED) is 0.628. The minimum absolute atomic E-state index is 0.0217. The van der Waals surface area contributed by atoms with E-state index in [0.29, 0.717) is 28.7 Å². The molecule has 5 nitrogen and oxygen atoms in total. The predicted molar refractivity (Wildman–Crippen MR) is 119 cm³/mol. The van der Waals surface area contributed by atoms with E-state index in [1.807, 2.05) is 11.0 Å². The highest BCUT2D eigenvalue weighted by Crippen LogP contribution is 2.57. The highest BCUT2D eigenvalue weighted by Gasteiger charge is 2.66. The number of carbonyl (C=O) groups is 1. The standard InChI is InChI=1S/C23H24Cl2FN3O2/c24-13-6-7-15-17(10-13)28-22(31)23(15)19(14-2-1-3-16(25)20(14)26)21(27)18(11-30)29(23)9-8-12-4-5-12/h1-3,6-7,10,12,18-19,21,30H,4-5,8-9,11,27H2,(H,28,31)/t18-,19-,21+,23+/m1/s1. The summed E-state index contributed by atoms with van der Waals surface area (Å²) in [5.74, 6) is -0.981. The van der Waals surface area contributed by atoms with Gasteiger partial charge >= 0.3 is 0 Å². The molecule has 0 bridgehead atoms. The third-order valence-electron chi connectivity index (χ3n) is 7.10. The third kappa shape index (κ3) is 3.11. The van der Waals surface area contributed by atoms with Gasteiger partial charge in [-0.1, -0.05) is 54.2 Å². The number of fused-ring (bicyclic) bond motifs is 2. The number of likely N-dealkylation sites (tertiary alicyclic amines) is 1. The lowest BCUT2D eigenvalue weighted by molar-refractivity contribution is -0.128. The first kappa shape index (κ1) is 21.2. The number of rotatable bonds is 5. The highest BCUT2D eigenvalue weighted by molar-refractivity contribution is 6.31. The summed E-state index contributed by atoms with van der Waals surface area (Å²) in [6.45, 7) is 0.347. The van der Waals surface area contributed by atoms with Gasteiger partial charge in [0.2, 0.25) is 5.91 Å². The van der Waals surface area contributed by atoms with E-state index < -0.39 is 29.4 Å². The van der Waals surface area contributed by atoms with Crippen LogP contribution in [-0.2, 0) is 10.3 Å². The Morgan fingerprint density at radius 2 is 2.03 bits per heavy atom. The molecule has 2 fully saturated rings. The van der Waals surface area contributed by atoms with Gasteiger partial charge in [0.25, 0.3) is 0 Å². The lowest BCUT2D eigenvalue weighted by atomic mass is 9.73. The summed E-state index contributed by atoms with van der Waals surface area (Å²) >= 11 is 12.3. The molecule has 5 rings (SSSR count). The van der Waals surface area contributed by atoms with Crippen molar-refractivity contribution >= 4 is 34.8 Å². The van der Waals surface area contributed by atoms with E-state index >= 15 is 4.39 Å². The van der Waals surface area contributed by atoms with E-state index in [9.17, 15) is 9.90 Å². The Morgan fingerprint density at radius 3 is 2.74 bits per heavy atom. The Bertz CT molecular complexity index is 1050. The van der Waals surface area contributed by atoms with E-state index in [1.54, 1.807) is 24.3 Å². The maximum absolute atomic E-state index is 15.3. The number of hydrogen-bond donors (Lipinski definition) is 3. The SMILES string of the molecule is N[C@H]1[C@@H](CO)N(CCC2CC2)[C@]2(C(=O)Nc3cc(Cl)ccc32)[C@@H]1c1cccc(Cl)c1F. The largest absolute Gasteiger partial charge is 0.395 e. The van der Waals surface area contributed by atoms with Crippen molar-refractivity contribution in [2.75, 3.05) is 18.5 Å². The van der Waals surface area contributed by atoms with Gasteiger partial charge in [-0.05, 0) is 36.1 Å². The summed E-state index contributed by atoms with van der Waals surface area (Å²) in [4.78, 5) is 15.7. The van der Waals surface area contributed by atoms with E-state index in [1.165, 1.54) is 18.9 Å². The van der Waals surface area contributed by atoms with Crippen LogP contribution in [0.5, 0.6) is 0 Å². The van der Waals surface area contributed by atoms with Crippen LogP contribution in [0, 0.1) is 11.7 Å². The Hall–Kier alpha value is -1.70. The molecule has 1 spiro atoms. The molecular weight excluding hydrogens is 440 g/mol. The maximum Gasteiger partial charge on any atom is 0.250 e. The summed E-state index contributed by atoms with van der Waals surface area (Å²) in [5, 5.41) is 13.7. The van der Waals surface area contributed by atoms with Crippen LogP contribution >= 0.6 is 23.2 Å². The topological polar surface area (TPSA) is 78.6 Å². The molecule has 1 saturated carbocycles. The van der Waals surface area contributed by atoms with Crippen LogP contribution in [0.3, 0.4) is 0 Å². The summed E-state index contributed by atoms with van der Waals surface area (Å²) in [6, 6.07) is 8.83. The second-order valence-electron chi connectivity index (χ2n) is 8.78. The molecule has 2 aliphatic heterocycles. The number of nitrogens with zero attached hydrogens (tertiary/aromatic N) is 1. The molecule has 1 aliphatic carbocycles. The number of hydrogen-bond acceptors (Lipinski definition) is 4. The molecule has 8 heteroatoms. The summed E-state index contributed by atoms with van der Waals surface area (Å²) in [6.07, 6.45) is 3.23. The van der Waals surface area contributed by atoms with E-state index in [0.717, 1.165) is 6.42 Å². The lowest BCUT2D eigenvalue weighted by Crippen LogP contribution is -2.53. The zero-order valence-corrected chi connectivity index (χ0v) is 18.3. The number of nitrogens with two attached hydrogens (primary N) is 1. The minimum atomic E-state index is -1.26. The molecule has 164 valence electrons. The second-order valence-corrected chi connectivity index (χ2v) is 9.63. The van der Waals surface area contributed by atoms with Gasteiger partial charge in [-0.2, -0.15) is 0 Å². The predicted octanol–water partition coefficient (Wildman–Crippen LogP) is 3.87. The number of amides is 1. The Morgan fingerprint density at radius 1 is 1.26 bits per heavy atom. The van der Waals surface area contributed by atoms with Crippen LogP contribution < -0.4 is 11.1 Å². The number of aliphatic hydroxyl groups is 1. The molecule has 4 atom stereocenters. The minimum Gasteiger partial charge on any atom is -0.395 e. The molecule has 31 heavy (non-hydrogen) atoms. The average Bonchev–Trinajstić information content (AvgIpc) is 3.47. The third-order valence-corrected chi connectivity index (χ3v) is 7.63. The Kier molecular flexibility index (Phi) is 5.26. The molecule has 0 unspecified atom stereocenters. The van der Waals surface area contributed by atoms with Crippen LogP contribution in [0.2, 0.25) is 10.0 Å². The van der Waals surface area contributed by atoms with Gasteiger partial charge in [-0.25, -0.2) is 4.39 Å². The van der Waals surface area contributed by atoms with E-state index in [2.05, 4.69) is 5.32 Å². The zero-order valence-electron chi connectivity index (χ0n) is 16.8. The molecule has 1 amide bonds. The van der Waals surface area contributed by atoms with E-state index in [-0.39, 0.29) is 23.1 Å². The first-order valence-corrected chi connectivity index (χ1v) is 11.3. The summed E-state index contributed by atoms with van der Waals surface area (Å²) < 4.78 is 15.3. The van der Waals surface area contributed by atoms with Crippen molar-refractivity contribution in [3.05, 3.63) is 63.4 Å². The van der Waals surface area contributed by atoms with Gasteiger partial charge in [-0.15, -0.1) is 0 Å². The fourth-order valence-electron chi connectivity index (χ4n) is 5.52. The second kappa shape index (κ2) is 7.71. The Balaban J connectivity index is 1.74. The van der Waals surface area contributed by atoms with Crippen molar-refractivity contribution < 1.29 is 14.3 Å². The van der Waals surface area contributed by atoms with Gasteiger partial charge in [0.1, 0.15) is 11.4 Å². The fourth-order valence-corrected chi connectivity index (χ4v) is 5.87. The van der Waals surface area contributed by atoms with Crippen LogP contribution in [0.4, 0.5) is 10.1 Å². The smallest absolute Gasteiger partial charge is 0.250 e. The molecule has 1 saturated heterocycles. The molecular formula is C23H24Cl2FN3O2. The maximum atomic E-state index is 15.3. The van der Waals surface area contributed by atoms with Gasteiger partial charge in [0.05, 0.1) is 11.6 Å². The van der Waals surface area contributed by atoms with Crippen molar-refractivity contribution in [2.24, 2.45) is 11.7 Å². The molecule has 0 radical (unpaired) electrons. The van der Waals surface area contributed by atoms with Gasteiger partial charge in [-0.3, -0.25) is 9.69 Å². The van der Waals surface area contributed by atoms with Crippen LogP contribution in [0.1, 0.15) is 36.3 Å². The molecule has 0 aromatic heterocycles. The van der Waals surface area contributed by atoms with Crippen molar-refractivity contribution in [1.29, 1.82) is 0 Å². The molecule has 4 N–H and O–H groups in total. The van der Waals surface area contributed by atoms with Crippen molar-refractivity contribution in [3.8, 4) is 0 Å². The number of aliphatic hydroxyl groups excluding tert-OH is 1. The molecule has 3 aliphatic rings. The molecule has 2 aromatic carbocycles. The lowest BCUT2D eigenvalue weighted by Gasteiger charge is -2.39. The fraction of sp³-hybridized carbons (Fsp3) is 0.435. The average molecular weight is 464 g/mol. The zero-order chi connectivity index (χ0) is 21.9. The number of halogens is 3. The summed E-state index contributed by atoms with van der Waals surface area (Å²) in [7, 11) is 0.